The van der Waals surface area contributed by atoms with Crippen LogP contribution in [0.25, 0.3) is 0 Å². The molecule has 0 radical (unpaired) electrons. The molecule has 1 rings (SSSR count). The maximum atomic E-state index is 12.4. The first-order valence-corrected chi connectivity index (χ1v) is 6.51. The van der Waals surface area contributed by atoms with Crippen molar-refractivity contribution in [2.45, 2.75) is 33.2 Å². The number of carbonyl (C=O) groups excluding carboxylic acids is 1. The van der Waals surface area contributed by atoms with Crippen LogP contribution >= 0.6 is 11.6 Å². The summed E-state index contributed by atoms with van der Waals surface area (Å²) in [6.45, 7) is 6.27. The summed E-state index contributed by atoms with van der Waals surface area (Å²) in [4.78, 5) is 24.5. The quantitative estimate of drug-likeness (QED) is 0.614. The number of hydrogen-bond donors (Lipinski definition) is 0. The number of carbonyl (C=O) groups is 1. The molecule has 1 aromatic rings. The third-order valence-electron chi connectivity index (χ3n) is 2.75. The summed E-state index contributed by atoms with van der Waals surface area (Å²) in [6.07, 6.45) is 0.790. The lowest BCUT2D eigenvalue weighted by molar-refractivity contribution is -0.385. The van der Waals surface area contributed by atoms with Crippen molar-refractivity contribution in [2.75, 3.05) is 6.54 Å². The minimum atomic E-state index is -0.611. The zero-order valence-electron chi connectivity index (χ0n) is 11.2. The van der Waals surface area contributed by atoms with Crippen LogP contribution in [0.3, 0.4) is 0 Å². The van der Waals surface area contributed by atoms with Crippen molar-refractivity contribution in [3.63, 3.8) is 0 Å². The first-order chi connectivity index (χ1) is 8.90. The Morgan fingerprint density at radius 1 is 1.47 bits per heavy atom. The SMILES string of the molecule is CCCN(C(=O)c1cccc(Cl)c1[N+](=O)[O-])C(C)C. The number of para-hydroxylation sites is 1. The molecule has 0 saturated carbocycles. The fourth-order valence-electron chi connectivity index (χ4n) is 1.86. The molecule has 0 aliphatic carbocycles. The van der Waals surface area contributed by atoms with E-state index in [9.17, 15) is 14.9 Å². The molecule has 0 bridgehead atoms. The molecule has 0 spiro atoms. The topological polar surface area (TPSA) is 63.5 Å². The van der Waals surface area contributed by atoms with Crippen molar-refractivity contribution in [1.29, 1.82) is 0 Å². The van der Waals surface area contributed by atoms with Gasteiger partial charge in [-0.05, 0) is 32.4 Å². The Morgan fingerprint density at radius 3 is 2.58 bits per heavy atom. The number of hydrogen-bond acceptors (Lipinski definition) is 3. The summed E-state index contributed by atoms with van der Waals surface area (Å²) >= 11 is 5.82. The molecule has 0 heterocycles. The van der Waals surface area contributed by atoms with Crippen LogP contribution in [0.5, 0.6) is 0 Å². The van der Waals surface area contributed by atoms with Gasteiger partial charge in [-0.15, -0.1) is 0 Å². The standard InChI is InChI=1S/C13H17ClN2O3/c1-4-8-15(9(2)3)13(17)10-6-5-7-11(14)12(10)16(18)19/h5-7,9H,4,8H2,1-3H3. The Hall–Kier alpha value is -1.62. The van der Waals surface area contributed by atoms with E-state index in [-0.39, 0.29) is 28.2 Å². The van der Waals surface area contributed by atoms with Crippen LogP contribution in [-0.4, -0.2) is 28.3 Å². The van der Waals surface area contributed by atoms with Gasteiger partial charge in [0.25, 0.3) is 5.91 Å². The third-order valence-corrected chi connectivity index (χ3v) is 3.05. The van der Waals surface area contributed by atoms with Gasteiger partial charge in [0.1, 0.15) is 10.6 Å². The molecule has 0 fully saturated rings. The van der Waals surface area contributed by atoms with Crippen molar-refractivity contribution in [3.05, 3.63) is 38.9 Å². The molecule has 5 nitrogen and oxygen atoms in total. The molecule has 0 aliphatic heterocycles. The fourth-order valence-corrected chi connectivity index (χ4v) is 2.11. The second-order valence-corrected chi connectivity index (χ2v) is 4.89. The van der Waals surface area contributed by atoms with Crippen LogP contribution < -0.4 is 0 Å². The third kappa shape index (κ3) is 3.44. The van der Waals surface area contributed by atoms with Crippen LogP contribution in [0.2, 0.25) is 5.02 Å². The van der Waals surface area contributed by atoms with Crippen LogP contribution in [0.4, 0.5) is 5.69 Å². The van der Waals surface area contributed by atoms with E-state index in [2.05, 4.69) is 0 Å². The van der Waals surface area contributed by atoms with Gasteiger partial charge in [-0.2, -0.15) is 0 Å². The van der Waals surface area contributed by atoms with Gasteiger partial charge in [0.05, 0.1) is 4.92 Å². The summed E-state index contributed by atoms with van der Waals surface area (Å²) < 4.78 is 0. The fraction of sp³-hybridized carbons (Fsp3) is 0.462. The molecule has 19 heavy (non-hydrogen) atoms. The number of nitro groups is 1. The lowest BCUT2D eigenvalue weighted by Crippen LogP contribution is -2.37. The highest BCUT2D eigenvalue weighted by atomic mass is 35.5. The van der Waals surface area contributed by atoms with Gasteiger partial charge >= 0.3 is 5.69 Å². The van der Waals surface area contributed by atoms with E-state index in [0.717, 1.165) is 6.42 Å². The maximum absolute atomic E-state index is 12.4. The van der Waals surface area contributed by atoms with Gasteiger partial charge in [-0.3, -0.25) is 14.9 Å². The van der Waals surface area contributed by atoms with Gasteiger partial charge < -0.3 is 4.90 Å². The summed E-state index contributed by atoms with van der Waals surface area (Å²) in [5, 5.41) is 11.0. The molecule has 1 aromatic carbocycles. The molecular weight excluding hydrogens is 268 g/mol. The smallest absolute Gasteiger partial charge is 0.300 e. The summed E-state index contributed by atoms with van der Waals surface area (Å²) in [5.74, 6) is -0.356. The minimum absolute atomic E-state index is 0.0175. The number of nitrogens with zero attached hydrogens (tertiary/aromatic N) is 2. The lowest BCUT2D eigenvalue weighted by Gasteiger charge is -2.26. The van der Waals surface area contributed by atoms with Crippen LogP contribution in [0, 0.1) is 10.1 Å². The second-order valence-electron chi connectivity index (χ2n) is 4.49. The van der Waals surface area contributed by atoms with Gasteiger partial charge in [0, 0.05) is 12.6 Å². The van der Waals surface area contributed by atoms with Crippen LogP contribution in [-0.2, 0) is 0 Å². The molecule has 0 N–H and O–H groups in total. The van der Waals surface area contributed by atoms with Crippen molar-refractivity contribution in [3.8, 4) is 0 Å². The van der Waals surface area contributed by atoms with E-state index in [1.807, 2.05) is 20.8 Å². The molecule has 0 unspecified atom stereocenters. The summed E-state index contributed by atoms with van der Waals surface area (Å²) in [6, 6.07) is 4.38. The van der Waals surface area contributed by atoms with Crippen molar-refractivity contribution in [1.82, 2.24) is 4.90 Å². The Balaban J connectivity index is 3.25. The first kappa shape index (κ1) is 15.4. The number of amides is 1. The minimum Gasteiger partial charge on any atom is -0.336 e. The van der Waals surface area contributed by atoms with Crippen LogP contribution in [0.15, 0.2) is 18.2 Å². The average molecular weight is 285 g/mol. The normalized spacial score (nSPS) is 10.6. The molecule has 0 atom stereocenters. The van der Waals surface area contributed by atoms with E-state index in [0.29, 0.717) is 6.54 Å². The average Bonchev–Trinajstić information content (AvgIpc) is 2.33. The second kappa shape index (κ2) is 6.52. The number of halogens is 1. The number of benzene rings is 1. The van der Waals surface area contributed by atoms with Gasteiger partial charge in [-0.25, -0.2) is 0 Å². The highest BCUT2D eigenvalue weighted by Gasteiger charge is 2.27. The zero-order chi connectivity index (χ0) is 14.6. The molecule has 0 aliphatic rings. The molecular formula is C13H17ClN2O3. The van der Waals surface area contributed by atoms with Gasteiger partial charge in [-0.1, -0.05) is 24.6 Å². The highest BCUT2D eigenvalue weighted by Crippen LogP contribution is 2.29. The maximum Gasteiger partial charge on any atom is 0.300 e. The van der Waals surface area contributed by atoms with Gasteiger partial charge in [0.2, 0.25) is 0 Å². The monoisotopic (exact) mass is 284 g/mol. The first-order valence-electron chi connectivity index (χ1n) is 6.14. The summed E-state index contributed by atoms with van der Waals surface area (Å²) in [7, 11) is 0. The van der Waals surface area contributed by atoms with E-state index in [1.54, 1.807) is 11.0 Å². The lowest BCUT2D eigenvalue weighted by atomic mass is 10.1. The predicted octanol–water partition coefficient (Wildman–Crippen LogP) is 3.51. The molecule has 0 saturated heterocycles. The summed E-state index contributed by atoms with van der Waals surface area (Å²) in [5.41, 5.74) is -0.282. The molecule has 1 amide bonds. The van der Waals surface area contributed by atoms with Crippen molar-refractivity contribution >= 4 is 23.2 Å². The van der Waals surface area contributed by atoms with Crippen molar-refractivity contribution < 1.29 is 9.72 Å². The van der Waals surface area contributed by atoms with E-state index in [4.69, 9.17) is 11.6 Å². The van der Waals surface area contributed by atoms with Crippen LogP contribution in [0.1, 0.15) is 37.6 Å². The van der Waals surface area contributed by atoms with E-state index in [1.165, 1.54) is 12.1 Å². The van der Waals surface area contributed by atoms with E-state index < -0.39 is 4.92 Å². The van der Waals surface area contributed by atoms with E-state index >= 15 is 0 Å². The predicted molar refractivity (Wildman–Crippen MR) is 74.6 cm³/mol. The Kier molecular flexibility index (Phi) is 5.30. The largest absolute Gasteiger partial charge is 0.336 e. The Labute approximate surface area is 117 Å². The molecule has 6 heteroatoms. The Bertz CT molecular complexity index is 489. The molecule has 104 valence electrons. The number of nitro benzene ring substituents is 1. The van der Waals surface area contributed by atoms with Crippen molar-refractivity contribution in [2.24, 2.45) is 0 Å². The zero-order valence-corrected chi connectivity index (χ0v) is 12.0. The van der Waals surface area contributed by atoms with Gasteiger partial charge in [0.15, 0.2) is 0 Å². The highest BCUT2D eigenvalue weighted by molar-refractivity contribution is 6.33. The number of rotatable bonds is 5. The Morgan fingerprint density at radius 2 is 2.11 bits per heavy atom. The molecule has 0 aromatic heterocycles.